The number of aromatic carboxylic acids is 1. The monoisotopic (exact) mass is 396 g/mol. The highest BCUT2D eigenvalue weighted by Gasteiger charge is 2.28. The lowest BCUT2D eigenvalue weighted by molar-refractivity contribution is 0.0697. The van der Waals surface area contributed by atoms with Crippen molar-refractivity contribution in [2.24, 2.45) is 0 Å². The van der Waals surface area contributed by atoms with Gasteiger partial charge < -0.3 is 10.1 Å². The third-order valence-corrected chi connectivity index (χ3v) is 5.15. The molecule has 0 bridgehead atoms. The van der Waals surface area contributed by atoms with E-state index >= 15 is 0 Å². The number of benzene rings is 1. The molecule has 28 heavy (non-hydrogen) atoms. The molecule has 0 radical (unpaired) electrons. The number of pyridine rings is 1. The van der Waals surface area contributed by atoms with E-state index in [1.54, 1.807) is 12.3 Å². The second kappa shape index (κ2) is 8.12. The Balaban J connectivity index is 1.41. The predicted molar refractivity (Wildman–Crippen MR) is 107 cm³/mol. The largest absolute Gasteiger partial charge is 0.478 e. The predicted octanol–water partition coefficient (Wildman–Crippen LogP) is 4.03. The van der Waals surface area contributed by atoms with Crippen LogP contribution in [0.2, 0.25) is 5.02 Å². The molecule has 0 atom stereocenters. The molecule has 0 saturated heterocycles. The Morgan fingerprint density at radius 3 is 2.71 bits per heavy atom. The van der Waals surface area contributed by atoms with Crippen LogP contribution in [0.25, 0.3) is 11.4 Å². The van der Waals surface area contributed by atoms with Gasteiger partial charge >= 0.3 is 5.97 Å². The van der Waals surface area contributed by atoms with Gasteiger partial charge in [-0.05, 0) is 42.7 Å². The first-order chi connectivity index (χ1) is 13.6. The quantitative estimate of drug-likeness (QED) is 0.600. The molecule has 0 amide bonds. The molecule has 7 heteroatoms. The van der Waals surface area contributed by atoms with Gasteiger partial charge in [0, 0.05) is 43.0 Å². The van der Waals surface area contributed by atoms with Crippen molar-refractivity contribution in [1.29, 1.82) is 0 Å². The third kappa shape index (κ3) is 4.58. The normalized spacial score (nSPS) is 13.8. The number of aromatic amines is 1. The summed E-state index contributed by atoms with van der Waals surface area (Å²) in [4.78, 5) is 25.6. The van der Waals surface area contributed by atoms with E-state index in [2.05, 4.69) is 32.0 Å². The molecule has 2 N–H and O–H groups in total. The van der Waals surface area contributed by atoms with Crippen LogP contribution in [0, 0.1) is 0 Å². The van der Waals surface area contributed by atoms with Crippen LogP contribution in [-0.4, -0.2) is 43.5 Å². The van der Waals surface area contributed by atoms with Gasteiger partial charge in [0.1, 0.15) is 11.5 Å². The third-order valence-electron chi connectivity index (χ3n) is 4.90. The molecule has 1 aromatic carbocycles. The van der Waals surface area contributed by atoms with E-state index in [4.69, 9.17) is 16.7 Å². The number of imidazole rings is 1. The first-order valence-corrected chi connectivity index (χ1v) is 9.69. The maximum atomic E-state index is 11.1. The summed E-state index contributed by atoms with van der Waals surface area (Å²) in [5.74, 6) is -0.0963. The maximum absolute atomic E-state index is 11.1. The SMILES string of the molecule is O=C(O)c1ccnc(-c2c[nH]c(CCN(Cc3ccc(Cl)cc3)C3CC3)n2)c1. The zero-order valence-electron chi connectivity index (χ0n) is 15.3. The summed E-state index contributed by atoms with van der Waals surface area (Å²) in [7, 11) is 0. The molecule has 144 valence electrons. The summed E-state index contributed by atoms with van der Waals surface area (Å²) in [5, 5.41) is 9.89. The van der Waals surface area contributed by atoms with Crippen molar-refractivity contribution in [1.82, 2.24) is 19.9 Å². The second-order valence-corrected chi connectivity index (χ2v) is 7.48. The van der Waals surface area contributed by atoms with Gasteiger partial charge in [0.15, 0.2) is 0 Å². The van der Waals surface area contributed by atoms with Gasteiger partial charge in [0.25, 0.3) is 0 Å². The van der Waals surface area contributed by atoms with Crippen LogP contribution in [0.15, 0.2) is 48.8 Å². The molecule has 1 saturated carbocycles. The highest BCUT2D eigenvalue weighted by Crippen LogP contribution is 2.28. The van der Waals surface area contributed by atoms with Crippen LogP contribution in [0.3, 0.4) is 0 Å². The zero-order chi connectivity index (χ0) is 19.5. The fraction of sp³-hybridized carbons (Fsp3) is 0.286. The topological polar surface area (TPSA) is 82.1 Å². The molecule has 1 aliphatic rings. The fourth-order valence-corrected chi connectivity index (χ4v) is 3.35. The van der Waals surface area contributed by atoms with E-state index in [1.165, 1.54) is 30.7 Å². The smallest absolute Gasteiger partial charge is 0.335 e. The number of rotatable bonds is 8. The van der Waals surface area contributed by atoms with Crippen molar-refractivity contribution in [2.45, 2.75) is 31.8 Å². The van der Waals surface area contributed by atoms with Crippen LogP contribution < -0.4 is 0 Å². The Bertz CT molecular complexity index is 967. The molecule has 1 fully saturated rings. The van der Waals surface area contributed by atoms with E-state index in [0.717, 1.165) is 30.4 Å². The van der Waals surface area contributed by atoms with Crippen LogP contribution in [0.1, 0.15) is 34.6 Å². The minimum absolute atomic E-state index is 0.206. The molecular weight excluding hydrogens is 376 g/mol. The number of hydrogen-bond acceptors (Lipinski definition) is 4. The van der Waals surface area contributed by atoms with Crippen LogP contribution >= 0.6 is 11.6 Å². The molecule has 0 spiro atoms. The van der Waals surface area contributed by atoms with Crippen LogP contribution in [-0.2, 0) is 13.0 Å². The Labute approximate surface area is 168 Å². The molecule has 2 heterocycles. The first kappa shape index (κ1) is 18.7. The average Bonchev–Trinajstić information content (AvgIpc) is 3.44. The van der Waals surface area contributed by atoms with Crippen molar-refractivity contribution in [3.8, 4) is 11.4 Å². The van der Waals surface area contributed by atoms with Crippen molar-refractivity contribution in [3.05, 3.63) is 70.8 Å². The van der Waals surface area contributed by atoms with Gasteiger partial charge in [-0.15, -0.1) is 0 Å². The van der Waals surface area contributed by atoms with E-state index in [0.29, 0.717) is 17.4 Å². The molecular formula is C21H21ClN4O2. The zero-order valence-corrected chi connectivity index (χ0v) is 16.1. The number of H-pyrrole nitrogens is 1. The number of halogens is 1. The lowest BCUT2D eigenvalue weighted by atomic mass is 10.2. The van der Waals surface area contributed by atoms with Gasteiger partial charge in [-0.3, -0.25) is 9.88 Å². The van der Waals surface area contributed by atoms with Crippen LogP contribution in [0.5, 0.6) is 0 Å². The Morgan fingerprint density at radius 2 is 2.00 bits per heavy atom. The van der Waals surface area contributed by atoms with Crippen molar-refractivity contribution < 1.29 is 9.90 Å². The number of carboxylic acid groups (broad SMARTS) is 1. The van der Waals surface area contributed by atoms with Crippen molar-refractivity contribution >= 4 is 17.6 Å². The summed E-state index contributed by atoms with van der Waals surface area (Å²) in [6.45, 7) is 1.81. The summed E-state index contributed by atoms with van der Waals surface area (Å²) >= 11 is 5.98. The molecule has 3 aromatic rings. The van der Waals surface area contributed by atoms with Gasteiger partial charge in [0.2, 0.25) is 0 Å². The average molecular weight is 397 g/mol. The Hall–Kier alpha value is -2.70. The maximum Gasteiger partial charge on any atom is 0.335 e. The van der Waals surface area contributed by atoms with Gasteiger partial charge in [-0.2, -0.15) is 0 Å². The lowest BCUT2D eigenvalue weighted by Crippen LogP contribution is -2.28. The summed E-state index contributed by atoms with van der Waals surface area (Å²) < 4.78 is 0. The lowest BCUT2D eigenvalue weighted by Gasteiger charge is -2.21. The molecule has 6 nitrogen and oxygen atoms in total. The van der Waals surface area contributed by atoms with E-state index in [9.17, 15) is 4.79 Å². The fourth-order valence-electron chi connectivity index (χ4n) is 3.23. The number of nitrogens with zero attached hydrogens (tertiary/aromatic N) is 3. The standard InChI is InChI=1S/C21H21ClN4O2/c22-16-3-1-14(2-4-16)13-26(17-5-6-17)10-8-20-24-12-19(25-20)18-11-15(21(27)28)7-9-23-18/h1-4,7,9,11-12,17H,5-6,8,10,13H2,(H,24,25)(H,27,28). The van der Waals surface area contributed by atoms with Gasteiger partial charge in [-0.25, -0.2) is 9.78 Å². The molecule has 1 aliphatic carbocycles. The highest BCUT2D eigenvalue weighted by atomic mass is 35.5. The van der Waals surface area contributed by atoms with Gasteiger partial charge in [0.05, 0.1) is 11.3 Å². The molecule has 2 aromatic heterocycles. The van der Waals surface area contributed by atoms with Crippen LogP contribution in [0.4, 0.5) is 0 Å². The molecule has 4 rings (SSSR count). The second-order valence-electron chi connectivity index (χ2n) is 7.05. The number of nitrogens with one attached hydrogen (secondary N) is 1. The minimum atomic E-state index is -0.971. The molecule has 0 aliphatic heterocycles. The Kier molecular flexibility index (Phi) is 5.41. The van der Waals surface area contributed by atoms with Crippen molar-refractivity contribution in [3.63, 3.8) is 0 Å². The van der Waals surface area contributed by atoms with E-state index < -0.39 is 5.97 Å². The van der Waals surface area contributed by atoms with E-state index in [-0.39, 0.29) is 5.56 Å². The van der Waals surface area contributed by atoms with Gasteiger partial charge in [-0.1, -0.05) is 23.7 Å². The summed E-state index contributed by atoms with van der Waals surface area (Å²) in [5.41, 5.74) is 2.68. The van der Waals surface area contributed by atoms with Crippen molar-refractivity contribution in [2.75, 3.05) is 6.54 Å². The summed E-state index contributed by atoms with van der Waals surface area (Å²) in [6, 6.07) is 11.7. The number of hydrogen-bond donors (Lipinski definition) is 2. The Morgan fingerprint density at radius 1 is 1.21 bits per heavy atom. The highest BCUT2D eigenvalue weighted by molar-refractivity contribution is 6.30. The minimum Gasteiger partial charge on any atom is -0.478 e. The molecule has 0 unspecified atom stereocenters. The first-order valence-electron chi connectivity index (χ1n) is 9.31. The number of carboxylic acids is 1. The number of carbonyl (C=O) groups is 1. The van der Waals surface area contributed by atoms with E-state index in [1.807, 2.05) is 12.1 Å². The number of aromatic nitrogens is 3. The summed E-state index contributed by atoms with van der Waals surface area (Å²) in [6.07, 6.45) is 6.55.